The van der Waals surface area contributed by atoms with Gasteiger partial charge in [-0.05, 0) is 6.92 Å². The Labute approximate surface area is 47.2 Å². The molecular formula is C4H8N2S. The van der Waals surface area contributed by atoms with E-state index in [9.17, 15) is 0 Å². The van der Waals surface area contributed by atoms with Crippen LogP contribution in [0, 0.1) is 0 Å². The fourth-order valence-corrected chi connectivity index (χ4v) is 1.15. The highest BCUT2D eigenvalue weighted by atomic mass is 32.2. The summed E-state index contributed by atoms with van der Waals surface area (Å²) >= 11 is 1.65. The Balaban J connectivity index is 2.42. The van der Waals surface area contributed by atoms with Gasteiger partial charge in [0.25, 0.3) is 0 Å². The summed E-state index contributed by atoms with van der Waals surface area (Å²) in [4.78, 5) is 0. The van der Waals surface area contributed by atoms with Gasteiger partial charge in [-0.3, -0.25) is 0 Å². The number of nitrogens with one attached hydrogen (secondary N) is 1. The van der Waals surface area contributed by atoms with E-state index in [1.807, 2.05) is 6.20 Å². The number of hydrogen-bond acceptors (Lipinski definition) is 3. The van der Waals surface area contributed by atoms with Gasteiger partial charge in [0.15, 0.2) is 0 Å². The van der Waals surface area contributed by atoms with Crippen molar-refractivity contribution < 1.29 is 0 Å². The van der Waals surface area contributed by atoms with Crippen LogP contribution in [0.4, 0.5) is 0 Å². The molecule has 0 amide bonds. The minimum Gasteiger partial charge on any atom is -0.392 e. The van der Waals surface area contributed by atoms with Crippen LogP contribution < -0.4 is 11.1 Å². The largest absolute Gasteiger partial charge is 0.392 e. The number of thioether (sulfide) groups is 1. The molecule has 1 aliphatic heterocycles. The summed E-state index contributed by atoms with van der Waals surface area (Å²) in [6, 6.07) is 0. The summed E-state index contributed by atoms with van der Waals surface area (Å²) in [5.41, 5.74) is 5.39. The third-order valence-corrected chi connectivity index (χ3v) is 1.65. The fraction of sp³-hybridized carbons (Fsp3) is 0.500. The Hall–Kier alpha value is -0.310. The standard InChI is InChI=1S/C4H8N2S/c1-3-6-2-4(5)7-3/h2-3,6H,5H2,1H3. The van der Waals surface area contributed by atoms with Gasteiger partial charge in [0.1, 0.15) is 0 Å². The van der Waals surface area contributed by atoms with E-state index in [1.165, 1.54) is 0 Å². The highest BCUT2D eigenvalue weighted by Gasteiger charge is 2.06. The molecule has 0 saturated heterocycles. The van der Waals surface area contributed by atoms with E-state index < -0.39 is 0 Å². The summed E-state index contributed by atoms with van der Waals surface area (Å²) < 4.78 is 0. The maximum absolute atomic E-state index is 5.39. The second-order valence-electron chi connectivity index (χ2n) is 1.47. The Morgan fingerprint density at radius 2 is 2.71 bits per heavy atom. The first-order valence-corrected chi connectivity index (χ1v) is 3.05. The number of rotatable bonds is 0. The Bertz CT molecular complexity index is 99.9. The van der Waals surface area contributed by atoms with Gasteiger partial charge in [-0.1, -0.05) is 11.8 Å². The third kappa shape index (κ3) is 1.03. The van der Waals surface area contributed by atoms with Gasteiger partial charge in [-0.2, -0.15) is 0 Å². The van der Waals surface area contributed by atoms with Gasteiger partial charge in [0.2, 0.25) is 0 Å². The zero-order valence-electron chi connectivity index (χ0n) is 4.14. The maximum Gasteiger partial charge on any atom is 0.0835 e. The third-order valence-electron chi connectivity index (χ3n) is 0.773. The highest BCUT2D eigenvalue weighted by molar-refractivity contribution is 8.03. The number of hydrogen-bond donors (Lipinski definition) is 2. The predicted octanol–water partition coefficient (Wildman–Crippen LogP) is 0.426. The Morgan fingerprint density at radius 1 is 2.00 bits per heavy atom. The molecule has 7 heavy (non-hydrogen) atoms. The average molecular weight is 116 g/mol. The van der Waals surface area contributed by atoms with Crippen LogP contribution in [0.3, 0.4) is 0 Å². The van der Waals surface area contributed by atoms with Crippen molar-refractivity contribution in [1.29, 1.82) is 0 Å². The molecule has 1 rings (SSSR count). The smallest absolute Gasteiger partial charge is 0.0835 e. The van der Waals surface area contributed by atoms with Gasteiger partial charge in [0.05, 0.1) is 10.4 Å². The number of nitrogens with two attached hydrogens (primary N) is 1. The van der Waals surface area contributed by atoms with E-state index in [0.717, 1.165) is 5.03 Å². The lowest BCUT2D eigenvalue weighted by Crippen LogP contribution is -2.09. The van der Waals surface area contributed by atoms with Crippen LogP contribution in [0.25, 0.3) is 0 Å². The van der Waals surface area contributed by atoms with Crippen molar-refractivity contribution in [2.75, 3.05) is 0 Å². The van der Waals surface area contributed by atoms with Crippen molar-refractivity contribution in [2.24, 2.45) is 5.73 Å². The second kappa shape index (κ2) is 1.66. The predicted molar refractivity (Wildman–Crippen MR) is 32.5 cm³/mol. The monoisotopic (exact) mass is 116 g/mol. The van der Waals surface area contributed by atoms with Crippen molar-refractivity contribution in [1.82, 2.24) is 5.32 Å². The van der Waals surface area contributed by atoms with Crippen molar-refractivity contribution in [2.45, 2.75) is 12.3 Å². The van der Waals surface area contributed by atoms with E-state index >= 15 is 0 Å². The van der Waals surface area contributed by atoms with Crippen molar-refractivity contribution >= 4 is 11.8 Å². The molecule has 1 aliphatic rings. The molecule has 0 aliphatic carbocycles. The molecule has 0 fully saturated rings. The summed E-state index contributed by atoms with van der Waals surface area (Å²) in [5, 5.41) is 4.40. The van der Waals surface area contributed by atoms with Crippen LogP contribution in [0.15, 0.2) is 11.2 Å². The minimum atomic E-state index is 0.472. The second-order valence-corrected chi connectivity index (χ2v) is 2.89. The van der Waals surface area contributed by atoms with Crippen LogP contribution in [-0.2, 0) is 0 Å². The molecular weight excluding hydrogens is 108 g/mol. The van der Waals surface area contributed by atoms with Crippen molar-refractivity contribution in [3.63, 3.8) is 0 Å². The van der Waals surface area contributed by atoms with E-state index in [4.69, 9.17) is 5.73 Å². The van der Waals surface area contributed by atoms with Crippen LogP contribution in [0.5, 0.6) is 0 Å². The SMILES string of the molecule is CC1NC=C(N)S1. The van der Waals surface area contributed by atoms with E-state index in [0.29, 0.717) is 5.37 Å². The quantitative estimate of drug-likeness (QED) is 0.482. The summed E-state index contributed by atoms with van der Waals surface area (Å²) in [6.45, 7) is 2.07. The zero-order valence-corrected chi connectivity index (χ0v) is 4.96. The maximum atomic E-state index is 5.39. The van der Waals surface area contributed by atoms with Gasteiger partial charge >= 0.3 is 0 Å². The highest BCUT2D eigenvalue weighted by Crippen LogP contribution is 2.19. The molecule has 0 radical (unpaired) electrons. The molecule has 0 aromatic heterocycles. The topological polar surface area (TPSA) is 38.0 Å². The lowest BCUT2D eigenvalue weighted by molar-refractivity contribution is 0.873. The van der Waals surface area contributed by atoms with Crippen LogP contribution in [0.2, 0.25) is 0 Å². The Kier molecular flexibility index (Phi) is 1.15. The molecule has 2 nitrogen and oxygen atoms in total. The molecule has 0 aromatic carbocycles. The molecule has 0 bridgehead atoms. The molecule has 0 saturated carbocycles. The van der Waals surface area contributed by atoms with Gasteiger partial charge in [-0.15, -0.1) is 0 Å². The molecule has 1 unspecified atom stereocenters. The van der Waals surface area contributed by atoms with Gasteiger partial charge in [-0.25, -0.2) is 0 Å². The van der Waals surface area contributed by atoms with Gasteiger partial charge < -0.3 is 11.1 Å². The summed E-state index contributed by atoms with van der Waals surface area (Å²) in [5.74, 6) is 0. The van der Waals surface area contributed by atoms with E-state index in [-0.39, 0.29) is 0 Å². The first kappa shape index (κ1) is 4.84. The minimum absolute atomic E-state index is 0.472. The fourth-order valence-electron chi connectivity index (χ4n) is 0.472. The van der Waals surface area contributed by atoms with E-state index in [1.54, 1.807) is 11.8 Å². The molecule has 3 heteroatoms. The van der Waals surface area contributed by atoms with Crippen molar-refractivity contribution in [3.05, 3.63) is 11.2 Å². The van der Waals surface area contributed by atoms with Crippen LogP contribution in [0.1, 0.15) is 6.92 Å². The first-order valence-electron chi connectivity index (χ1n) is 2.17. The first-order chi connectivity index (χ1) is 3.29. The zero-order chi connectivity index (χ0) is 5.28. The molecule has 1 heterocycles. The Morgan fingerprint density at radius 3 is 2.86 bits per heavy atom. The van der Waals surface area contributed by atoms with E-state index in [2.05, 4.69) is 12.2 Å². The normalized spacial score (nSPS) is 29.3. The van der Waals surface area contributed by atoms with Crippen molar-refractivity contribution in [3.8, 4) is 0 Å². The molecule has 1 atom stereocenters. The van der Waals surface area contributed by atoms with Crippen LogP contribution >= 0.6 is 11.8 Å². The molecule has 3 N–H and O–H groups in total. The summed E-state index contributed by atoms with van der Waals surface area (Å²) in [7, 11) is 0. The summed E-state index contributed by atoms with van der Waals surface area (Å²) in [6.07, 6.45) is 1.83. The average Bonchev–Trinajstić information content (AvgIpc) is 1.87. The molecule has 40 valence electrons. The lowest BCUT2D eigenvalue weighted by atomic mass is 10.7. The lowest BCUT2D eigenvalue weighted by Gasteiger charge is -1.97. The molecule has 0 spiro atoms. The van der Waals surface area contributed by atoms with Crippen LogP contribution in [-0.4, -0.2) is 5.37 Å². The molecule has 0 aromatic rings. The van der Waals surface area contributed by atoms with Gasteiger partial charge in [0, 0.05) is 6.20 Å².